The van der Waals surface area contributed by atoms with Gasteiger partial charge in [0.15, 0.2) is 0 Å². The first-order chi connectivity index (χ1) is 7.18. The van der Waals surface area contributed by atoms with E-state index in [4.69, 9.17) is 10.8 Å². The molecule has 0 amide bonds. The molecule has 0 aromatic heterocycles. The fourth-order valence-corrected chi connectivity index (χ4v) is 2.63. The van der Waals surface area contributed by atoms with Crippen molar-refractivity contribution in [3.8, 4) is 0 Å². The van der Waals surface area contributed by atoms with Gasteiger partial charge in [0, 0.05) is 4.91 Å². The Morgan fingerprint density at radius 3 is 2.53 bits per heavy atom. The van der Waals surface area contributed by atoms with E-state index in [-0.39, 0.29) is 5.37 Å². The molecule has 78 valence electrons. The number of hydrogen-bond donors (Lipinski definition) is 2. The second-order valence-corrected chi connectivity index (χ2v) is 4.56. The molecular formula is C11H11NO2S. The highest BCUT2D eigenvalue weighted by Crippen LogP contribution is 2.40. The molecule has 0 aliphatic carbocycles. The third-order valence-electron chi connectivity index (χ3n) is 2.29. The molecule has 1 heterocycles. The van der Waals surface area contributed by atoms with Gasteiger partial charge in [-0.25, -0.2) is 0 Å². The Hall–Kier alpha value is -1.26. The molecule has 1 aliphatic heterocycles. The van der Waals surface area contributed by atoms with Gasteiger partial charge in [-0.2, -0.15) is 0 Å². The van der Waals surface area contributed by atoms with Gasteiger partial charge in [-0.05, 0) is 5.56 Å². The first-order valence-corrected chi connectivity index (χ1v) is 5.49. The van der Waals surface area contributed by atoms with Crippen LogP contribution in [-0.4, -0.2) is 16.4 Å². The van der Waals surface area contributed by atoms with Crippen LogP contribution in [0.25, 0.3) is 4.91 Å². The van der Waals surface area contributed by atoms with Crippen LogP contribution in [0.1, 0.15) is 5.56 Å². The summed E-state index contributed by atoms with van der Waals surface area (Å²) >= 11 is 1.41. The lowest BCUT2D eigenvalue weighted by atomic mass is 10.1. The minimum absolute atomic E-state index is 0.377. The Balaban J connectivity index is 2.27. The smallest absolute Gasteiger partial charge is 0.312 e. The molecular weight excluding hydrogens is 210 g/mol. The fraction of sp³-hybridized carbons (Fsp3) is 0.182. The van der Waals surface area contributed by atoms with E-state index < -0.39 is 11.9 Å². The van der Waals surface area contributed by atoms with Gasteiger partial charge in [-0.15, -0.1) is 11.8 Å². The molecule has 1 aromatic carbocycles. The summed E-state index contributed by atoms with van der Waals surface area (Å²) in [6.45, 7) is 0. The second-order valence-electron chi connectivity index (χ2n) is 3.34. The standard InChI is InChI=1S/C11H11NO2S/c12-10-8(11(13)14)6-9(15-10)7-4-2-1-3-5-7/h1-6,8,10H,12H2,(H,13,14). The lowest BCUT2D eigenvalue weighted by molar-refractivity contribution is -0.139. The monoisotopic (exact) mass is 221 g/mol. The largest absolute Gasteiger partial charge is 0.481 e. The van der Waals surface area contributed by atoms with E-state index >= 15 is 0 Å². The van der Waals surface area contributed by atoms with Gasteiger partial charge in [0.05, 0.1) is 5.37 Å². The predicted octanol–water partition coefficient (Wildman–Crippen LogP) is 1.76. The SMILES string of the molecule is NC1SC(c2ccccc2)=CC1C(=O)O. The lowest BCUT2D eigenvalue weighted by Crippen LogP contribution is -2.28. The maximum Gasteiger partial charge on any atom is 0.312 e. The molecule has 2 atom stereocenters. The molecule has 1 aromatic rings. The van der Waals surface area contributed by atoms with Crippen molar-refractivity contribution >= 4 is 22.6 Å². The number of aliphatic carboxylic acids is 1. The van der Waals surface area contributed by atoms with Crippen molar-refractivity contribution in [2.45, 2.75) is 5.37 Å². The van der Waals surface area contributed by atoms with E-state index in [9.17, 15) is 4.79 Å². The summed E-state index contributed by atoms with van der Waals surface area (Å²) in [5, 5.41) is 8.53. The van der Waals surface area contributed by atoms with E-state index in [1.807, 2.05) is 30.3 Å². The normalized spacial score (nSPS) is 25.0. The van der Waals surface area contributed by atoms with Gasteiger partial charge in [-0.3, -0.25) is 4.79 Å². The highest BCUT2D eigenvalue weighted by Gasteiger charge is 2.31. The van der Waals surface area contributed by atoms with E-state index in [0.29, 0.717) is 0 Å². The van der Waals surface area contributed by atoms with Gasteiger partial charge in [-0.1, -0.05) is 36.4 Å². The number of nitrogens with two attached hydrogens (primary N) is 1. The second kappa shape index (κ2) is 4.08. The van der Waals surface area contributed by atoms with E-state index in [2.05, 4.69) is 0 Å². The van der Waals surface area contributed by atoms with Crippen LogP contribution >= 0.6 is 11.8 Å². The van der Waals surface area contributed by atoms with Crippen molar-refractivity contribution < 1.29 is 9.90 Å². The highest BCUT2D eigenvalue weighted by molar-refractivity contribution is 8.09. The third-order valence-corrected chi connectivity index (χ3v) is 3.48. The highest BCUT2D eigenvalue weighted by atomic mass is 32.2. The van der Waals surface area contributed by atoms with Crippen LogP contribution in [0.15, 0.2) is 36.4 Å². The van der Waals surface area contributed by atoms with E-state index in [1.54, 1.807) is 6.08 Å². The first kappa shape index (κ1) is 10.3. The summed E-state index contributed by atoms with van der Waals surface area (Å²) in [5.74, 6) is -1.44. The summed E-state index contributed by atoms with van der Waals surface area (Å²) in [7, 11) is 0. The first-order valence-electron chi connectivity index (χ1n) is 4.61. The zero-order valence-electron chi connectivity index (χ0n) is 7.96. The molecule has 0 saturated heterocycles. The molecule has 2 rings (SSSR count). The van der Waals surface area contributed by atoms with Crippen molar-refractivity contribution in [2.24, 2.45) is 11.7 Å². The third kappa shape index (κ3) is 2.06. The molecule has 0 bridgehead atoms. The Kier molecular flexibility index (Phi) is 2.79. The van der Waals surface area contributed by atoms with E-state index in [0.717, 1.165) is 10.5 Å². The zero-order chi connectivity index (χ0) is 10.8. The minimum atomic E-state index is -0.860. The molecule has 3 nitrogen and oxygen atoms in total. The number of hydrogen-bond acceptors (Lipinski definition) is 3. The van der Waals surface area contributed by atoms with Crippen LogP contribution in [0.5, 0.6) is 0 Å². The van der Waals surface area contributed by atoms with Crippen LogP contribution in [-0.2, 0) is 4.79 Å². The predicted molar refractivity (Wildman–Crippen MR) is 61.1 cm³/mol. The summed E-state index contributed by atoms with van der Waals surface area (Å²) in [4.78, 5) is 11.8. The van der Waals surface area contributed by atoms with Gasteiger partial charge in [0.25, 0.3) is 0 Å². The number of benzene rings is 1. The lowest BCUT2D eigenvalue weighted by Gasteiger charge is -2.07. The molecule has 3 N–H and O–H groups in total. The maximum absolute atomic E-state index is 10.9. The number of carboxylic acids is 1. The summed E-state index contributed by atoms with van der Waals surface area (Å²) in [5.41, 5.74) is 6.77. The van der Waals surface area contributed by atoms with E-state index in [1.165, 1.54) is 11.8 Å². The van der Waals surface area contributed by atoms with Crippen molar-refractivity contribution in [1.82, 2.24) is 0 Å². The van der Waals surface area contributed by atoms with Gasteiger partial charge in [0.2, 0.25) is 0 Å². The molecule has 1 aliphatic rings. The number of carbonyl (C=O) groups is 1. The van der Waals surface area contributed by atoms with Crippen molar-refractivity contribution in [3.05, 3.63) is 42.0 Å². The van der Waals surface area contributed by atoms with Crippen molar-refractivity contribution in [1.29, 1.82) is 0 Å². The van der Waals surface area contributed by atoms with Gasteiger partial charge < -0.3 is 10.8 Å². The fourth-order valence-electron chi connectivity index (χ4n) is 1.50. The molecule has 0 fully saturated rings. The summed E-state index contributed by atoms with van der Waals surface area (Å²) < 4.78 is 0. The number of carboxylic acid groups (broad SMARTS) is 1. The molecule has 2 unspecified atom stereocenters. The summed E-state index contributed by atoms with van der Waals surface area (Å²) in [6.07, 6.45) is 1.73. The molecule has 15 heavy (non-hydrogen) atoms. The van der Waals surface area contributed by atoms with Gasteiger partial charge >= 0.3 is 5.97 Å². The van der Waals surface area contributed by atoms with Crippen LogP contribution in [0.2, 0.25) is 0 Å². The molecule has 0 spiro atoms. The zero-order valence-corrected chi connectivity index (χ0v) is 8.78. The average Bonchev–Trinajstić information content (AvgIpc) is 2.62. The van der Waals surface area contributed by atoms with Crippen LogP contribution < -0.4 is 5.73 Å². The van der Waals surface area contributed by atoms with Crippen molar-refractivity contribution in [2.75, 3.05) is 0 Å². The van der Waals surface area contributed by atoms with Crippen LogP contribution in [0.3, 0.4) is 0 Å². The Morgan fingerprint density at radius 2 is 2.00 bits per heavy atom. The van der Waals surface area contributed by atoms with Gasteiger partial charge in [0.1, 0.15) is 5.92 Å². The Morgan fingerprint density at radius 1 is 1.33 bits per heavy atom. The average molecular weight is 221 g/mol. The summed E-state index contributed by atoms with van der Waals surface area (Å²) in [6, 6.07) is 9.69. The quantitative estimate of drug-likeness (QED) is 0.798. The van der Waals surface area contributed by atoms with Crippen LogP contribution in [0, 0.1) is 5.92 Å². The Bertz CT molecular complexity index is 402. The molecule has 0 radical (unpaired) electrons. The van der Waals surface area contributed by atoms with Crippen molar-refractivity contribution in [3.63, 3.8) is 0 Å². The Labute approximate surface area is 92.0 Å². The van der Waals surface area contributed by atoms with Crippen LogP contribution in [0.4, 0.5) is 0 Å². The molecule has 4 heteroatoms. The minimum Gasteiger partial charge on any atom is -0.481 e. The number of rotatable bonds is 2. The number of thioether (sulfide) groups is 1. The maximum atomic E-state index is 10.9. The topological polar surface area (TPSA) is 63.3 Å². The molecule has 0 saturated carbocycles.